The molecule has 32 heavy (non-hydrogen) atoms. The van der Waals surface area contributed by atoms with Crippen LogP contribution in [0, 0.1) is 0 Å². The van der Waals surface area contributed by atoms with Crippen molar-refractivity contribution in [3.8, 4) is 0 Å². The minimum Gasteiger partial charge on any atom is -0.500 e. The van der Waals surface area contributed by atoms with Crippen LogP contribution in [0.4, 0.5) is 10.2 Å². The molecule has 1 N–H and O–H groups in total. The highest BCUT2D eigenvalue weighted by Gasteiger charge is 2.20. The van der Waals surface area contributed by atoms with Crippen molar-refractivity contribution in [2.75, 3.05) is 45.2 Å². The van der Waals surface area contributed by atoms with E-state index in [-0.39, 0.29) is 11.7 Å². The highest BCUT2D eigenvalue weighted by Crippen LogP contribution is 2.31. The number of hydrogen-bond donors (Lipinski definition) is 1. The minimum absolute atomic E-state index is 0.127. The summed E-state index contributed by atoms with van der Waals surface area (Å²) in [4.78, 5) is 25.5. The van der Waals surface area contributed by atoms with Crippen LogP contribution in [0.2, 0.25) is 0 Å². The van der Waals surface area contributed by atoms with Gasteiger partial charge in [0.05, 0.1) is 19.3 Å². The van der Waals surface area contributed by atoms with Gasteiger partial charge in [-0.2, -0.15) is 0 Å². The van der Waals surface area contributed by atoms with Crippen LogP contribution in [0.5, 0.6) is 0 Å². The van der Waals surface area contributed by atoms with Crippen molar-refractivity contribution < 1.29 is 13.9 Å². The monoisotopic (exact) mass is 437 g/mol. The highest BCUT2D eigenvalue weighted by molar-refractivity contribution is 5.91. The summed E-state index contributed by atoms with van der Waals surface area (Å²) in [6, 6.07) is 12.1. The van der Waals surface area contributed by atoms with E-state index in [9.17, 15) is 9.18 Å². The molecule has 0 saturated carbocycles. The number of rotatable bonds is 7. The standard InChI is InChI=1S/C24H28FN5O2/c1-32-22-8-7-19(25)13-20(22)21-14-23(27-17-26-21)28-24(31)16-30-11-9-29(10-12-30)15-18-5-3-2-4-6-18/h2-6,13-14,17H,7-12,15-16H2,1H3,(H,26,27,28,31). The Balaban J connectivity index is 1.30. The number of carbonyl (C=O) groups is 1. The molecule has 0 radical (unpaired) electrons. The van der Waals surface area contributed by atoms with Gasteiger partial charge in [0.1, 0.15) is 23.7 Å². The molecule has 0 bridgehead atoms. The van der Waals surface area contributed by atoms with E-state index >= 15 is 0 Å². The molecule has 8 heteroatoms. The van der Waals surface area contributed by atoms with Crippen molar-refractivity contribution in [2.24, 2.45) is 0 Å². The first-order valence-electron chi connectivity index (χ1n) is 10.8. The minimum atomic E-state index is -0.212. The summed E-state index contributed by atoms with van der Waals surface area (Å²) in [5.74, 6) is 0.731. The average molecular weight is 438 g/mol. The van der Waals surface area contributed by atoms with Gasteiger partial charge in [0.2, 0.25) is 5.91 Å². The average Bonchev–Trinajstić information content (AvgIpc) is 2.81. The Morgan fingerprint density at radius 2 is 1.84 bits per heavy atom. The van der Waals surface area contributed by atoms with Gasteiger partial charge in [-0.3, -0.25) is 14.6 Å². The van der Waals surface area contributed by atoms with Crippen LogP contribution in [0.1, 0.15) is 24.1 Å². The molecule has 1 fully saturated rings. The first-order chi connectivity index (χ1) is 15.6. The number of nitrogens with one attached hydrogen (secondary N) is 1. The van der Waals surface area contributed by atoms with E-state index in [2.05, 4.69) is 49.4 Å². The fourth-order valence-corrected chi connectivity index (χ4v) is 4.01. The molecule has 0 unspecified atom stereocenters. The second-order valence-electron chi connectivity index (χ2n) is 8.01. The Bertz CT molecular complexity index is 1000. The van der Waals surface area contributed by atoms with Gasteiger partial charge in [0, 0.05) is 57.2 Å². The smallest absolute Gasteiger partial charge is 0.239 e. The Kier molecular flexibility index (Phi) is 7.24. The maximum absolute atomic E-state index is 13.8. The predicted molar refractivity (Wildman–Crippen MR) is 121 cm³/mol. The number of methoxy groups -OCH3 is 1. The summed E-state index contributed by atoms with van der Waals surface area (Å²) in [6.07, 6.45) is 3.61. The molecule has 1 amide bonds. The summed E-state index contributed by atoms with van der Waals surface area (Å²) in [6.45, 7) is 4.75. The molecular weight excluding hydrogens is 409 g/mol. The van der Waals surface area contributed by atoms with Gasteiger partial charge in [-0.25, -0.2) is 14.4 Å². The lowest BCUT2D eigenvalue weighted by Gasteiger charge is -2.34. The zero-order chi connectivity index (χ0) is 22.3. The van der Waals surface area contributed by atoms with Gasteiger partial charge in [-0.05, 0) is 11.6 Å². The third-order valence-corrected chi connectivity index (χ3v) is 5.73. The van der Waals surface area contributed by atoms with Crippen LogP contribution in [0.3, 0.4) is 0 Å². The largest absolute Gasteiger partial charge is 0.500 e. The number of aromatic nitrogens is 2. The third-order valence-electron chi connectivity index (χ3n) is 5.73. The molecular formula is C24H28FN5O2. The lowest BCUT2D eigenvalue weighted by Crippen LogP contribution is -2.48. The van der Waals surface area contributed by atoms with E-state index in [0.717, 1.165) is 32.7 Å². The topological polar surface area (TPSA) is 70.6 Å². The zero-order valence-electron chi connectivity index (χ0n) is 18.3. The fraction of sp³-hybridized carbons (Fsp3) is 0.375. The van der Waals surface area contributed by atoms with Crippen LogP contribution in [-0.2, 0) is 16.1 Å². The number of benzene rings is 1. The Morgan fingerprint density at radius 1 is 1.09 bits per heavy atom. The summed E-state index contributed by atoms with van der Waals surface area (Å²) in [7, 11) is 1.57. The van der Waals surface area contributed by atoms with Crippen LogP contribution >= 0.6 is 0 Å². The van der Waals surface area contributed by atoms with Crippen molar-refractivity contribution >= 4 is 17.3 Å². The van der Waals surface area contributed by atoms with Crippen LogP contribution in [0.15, 0.2) is 60.4 Å². The molecule has 0 spiro atoms. The van der Waals surface area contributed by atoms with Gasteiger partial charge in [-0.15, -0.1) is 0 Å². The number of anilines is 1. The molecule has 1 saturated heterocycles. The van der Waals surface area contributed by atoms with E-state index in [0.29, 0.717) is 42.2 Å². The lowest BCUT2D eigenvalue weighted by atomic mass is 10.0. The van der Waals surface area contributed by atoms with Crippen molar-refractivity contribution in [3.63, 3.8) is 0 Å². The van der Waals surface area contributed by atoms with E-state index in [1.54, 1.807) is 13.2 Å². The number of amides is 1. The summed E-state index contributed by atoms with van der Waals surface area (Å²) < 4.78 is 19.2. The van der Waals surface area contributed by atoms with Crippen LogP contribution in [-0.4, -0.2) is 65.5 Å². The first-order valence-corrected chi connectivity index (χ1v) is 10.8. The zero-order valence-corrected chi connectivity index (χ0v) is 18.3. The van der Waals surface area contributed by atoms with Crippen LogP contribution < -0.4 is 5.32 Å². The molecule has 2 aliphatic rings. The Hall–Kier alpha value is -3.10. The molecule has 1 aliphatic carbocycles. The predicted octanol–water partition coefficient (Wildman–Crippen LogP) is 3.24. The van der Waals surface area contributed by atoms with E-state index < -0.39 is 0 Å². The molecule has 1 aromatic carbocycles. The number of allylic oxidation sites excluding steroid dienone is 4. The lowest BCUT2D eigenvalue weighted by molar-refractivity contribution is -0.117. The third kappa shape index (κ3) is 5.77. The summed E-state index contributed by atoms with van der Waals surface area (Å²) in [5, 5.41) is 2.84. The van der Waals surface area contributed by atoms with Gasteiger partial charge in [0.15, 0.2) is 0 Å². The molecule has 4 rings (SSSR count). The number of ether oxygens (including phenoxy) is 1. The first kappa shape index (κ1) is 22.1. The molecule has 168 valence electrons. The molecule has 0 atom stereocenters. The number of halogens is 1. The van der Waals surface area contributed by atoms with Crippen LogP contribution in [0.25, 0.3) is 5.57 Å². The molecule has 2 aromatic rings. The van der Waals surface area contributed by atoms with Crippen molar-refractivity contribution in [3.05, 3.63) is 71.6 Å². The summed E-state index contributed by atoms with van der Waals surface area (Å²) in [5.41, 5.74) is 2.41. The number of nitrogens with zero attached hydrogens (tertiary/aromatic N) is 4. The van der Waals surface area contributed by atoms with Crippen molar-refractivity contribution in [2.45, 2.75) is 19.4 Å². The number of hydrogen-bond acceptors (Lipinski definition) is 6. The molecule has 1 aliphatic heterocycles. The SMILES string of the molecule is COC1=C(c2cc(NC(=O)CN3CCN(Cc4ccccc4)CC3)ncn2)C=C(F)CC1. The van der Waals surface area contributed by atoms with Gasteiger partial charge >= 0.3 is 0 Å². The van der Waals surface area contributed by atoms with Gasteiger partial charge in [0.25, 0.3) is 0 Å². The second kappa shape index (κ2) is 10.5. The van der Waals surface area contributed by atoms with Gasteiger partial charge in [-0.1, -0.05) is 30.3 Å². The van der Waals surface area contributed by atoms with E-state index in [4.69, 9.17) is 4.74 Å². The normalized spacial score (nSPS) is 17.8. The van der Waals surface area contributed by atoms with E-state index in [1.165, 1.54) is 18.0 Å². The fourth-order valence-electron chi connectivity index (χ4n) is 4.01. The maximum Gasteiger partial charge on any atom is 0.239 e. The van der Waals surface area contributed by atoms with Crippen molar-refractivity contribution in [1.82, 2.24) is 19.8 Å². The quantitative estimate of drug-likeness (QED) is 0.717. The molecule has 2 heterocycles. The molecule has 1 aromatic heterocycles. The van der Waals surface area contributed by atoms with E-state index in [1.807, 2.05) is 6.07 Å². The van der Waals surface area contributed by atoms with Crippen molar-refractivity contribution in [1.29, 1.82) is 0 Å². The molecule has 7 nitrogen and oxygen atoms in total. The highest BCUT2D eigenvalue weighted by atomic mass is 19.1. The van der Waals surface area contributed by atoms with Gasteiger partial charge < -0.3 is 10.1 Å². The Labute approximate surface area is 187 Å². The number of piperazine rings is 1. The summed E-state index contributed by atoms with van der Waals surface area (Å²) >= 11 is 0. The number of carbonyl (C=O) groups excluding carboxylic acids is 1. The maximum atomic E-state index is 13.8. The Morgan fingerprint density at radius 3 is 2.59 bits per heavy atom. The second-order valence-corrected chi connectivity index (χ2v) is 8.01.